The standard InChI is InChI=1S/C28H41N5O3/c1-4-7-9-10-14-19-30-21-25-32(24(27(30)35)17-8-5-2)26(34)22-31(18-6-3)33(25)28(36)29-20-23-15-12-11-13-16-23/h3,11-13,15-16,24-25H,4-5,7-10,14,17-22H2,1-2H3,(H,29,36)/t24-,25-/m0/s1. The highest BCUT2D eigenvalue weighted by atomic mass is 16.2. The van der Waals surface area contributed by atoms with Gasteiger partial charge in [-0.1, -0.05) is 88.6 Å². The third kappa shape index (κ3) is 6.79. The molecule has 2 fully saturated rings. The number of fused-ring (bicyclic) bond motifs is 1. The molecule has 2 atom stereocenters. The van der Waals surface area contributed by atoms with E-state index >= 15 is 0 Å². The summed E-state index contributed by atoms with van der Waals surface area (Å²) in [6, 6.07) is 8.82. The number of rotatable bonds is 12. The molecule has 2 heterocycles. The maximum Gasteiger partial charge on any atom is 0.334 e. The van der Waals surface area contributed by atoms with Crippen LogP contribution in [-0.4, -0.2) is 76.0 Å². The zero-order chi connectivity index (χ0) is 25.9. The number of nitrogens with zero attached hydrogens (tertiary/aromatic N) is 4. The SMILES string of the molecule is C#CCN1CC(=O)N2[C@@H](CCCC)C(=O)N(CCCCCCC)C[C@@H]2N1C(=O)NCc1ccccc1. The number of terminal acetylenes is 1. The predicted octanol–water partition coefficient (Wildman–Crippen LogP) is 3.59. The number of hydrogen-bond donors (Lipinski definition) is 1. The first-order valence-corrected chi connectivity index (χ1v) is 13.4. The summed E-state index contributed by atoms with van der Waals surface area (Å²) in [6.45, 7) is 5.66. The predicted molar refractivity (Wildman–Crippen MR) is 140 cm³/mol. The monoisotopic (exact) mass is 495 g/mol. The van der Waals surface area contributed by atoms with Gasteiger partial charge in [0, 0.05) is 13.1 Å². The number of urea groups is 1. The highest BCUT2D eigenvalue weighted by Gasteiger charge is 2.50. The van der Waals surface area contributed by atoms with Crippen LogP contribution in [0.15, 0.2) is 30.3 Å². The Morgan fingerprint density at radius 3 is 2.47 bits per heavy atom. The summed E-state index contributed by atoms with van der Waals surface area (Å²) < 4.78 is 0. The van der Waals surface area contributed by atoms with Crippen molar-refractivity contribution in [1.82, 2.24) is 25.1 Å². The van der Waals surface area contributed by atoms with E-state index < -0.39 is 12.2 Å². The van der Waals surface area contributed by atoms with Crippen molar-refractivity contribution in [3.8, 4) is 12.3 Å². The van der Waals surface area contributed by atoms with E-state index in [1.54, 1.807) is 14.9 Å². The Labute approximate surface area is 215 Å². The van der Waals surface area contributed by atoms with Crippen LogP contribution < -0.4 is 5.32 Å². The molecule has 8 heteroatoms. The fourth-order valence-electron chi connectivity index (χ4n) is 5.07. The van der Waals surface area contributed by atoms with Crippen molar-refractivity contribution in [3.05, 3.63) is 35.9 Å². The molecule has 2 saturated heterocycles. The van der Waals surface area contributed by atoms with Gasteiger partial charge < -0.3 is 15.1 Å². The number of carbonyl (C=O) groups excluding carboxylic acids is 3. The third-order valence-corrected chi connectivity index (χ3v) is 6.96. The summed E-state index contributed by atoms with van der Waals surface area (Å²) in [6.07, 6.45) is 12.9. The van der Waals surface area contributed by atoms with Gasteiger partial charge in [-0.15, -0.1) is 6.42 Å². The Morgan fingerprint density at radius 2 is 1.78 bits per heavy atom. The van der Waals surface area contributed by atoms with Gasteiger partial charge in [0.1, 0.15) is 12.2 Å². The molecule has 2 aliphatic rings. The highest BCUT2D eigenvalue weighted by Crippen LogP contribution is 2.29. The van der Waals surface area contributed by atoms with Crippen LogP contribution in [0.4, 0.5) is 4.79 Å². The summed E-state index contributed by atoms with van der Waals surface area (Å²) in [5.74, 6) is 2.43. The molecule has 1 aromatic rings. The van der Waals surface area contributed by atoms with Gasteiger partial charge in [0.05, 0.1) is 19.6 Å². The van der Waals surface area contributed by atoms with Gasteiger partial charge in [-0.25, -0.2) is 9.80 Å². The van der Waals surface area contributed by atoms with Gasteiger partial charge in [0.15, 0.2) is 0 Å². The van der Waals surface area contributed by atoms with Crippen LogP contribution in [0.2, 0.25) is 0 Å². The van der Waals surface area contributed by atoms with Gasteiger partial charge >= 0.3 is 6.03 Å². The second-order valence-electron chi connectivity index (χ2n) is 9.65. The highest BCUT2D eigenvalue weighted by molar-refractivity contribution is 5.91. The molecule has 3 rings (SSSR count). The molecule has 0 unspecified atom stereocenters. The number of benzene rings is 1. The van der Waals surface area contributed by atoms with E-state index in [4.69, 9.17) is 6.42 Å². The topological polar surface area (TPSA) is 76.2 Å². The fraction of sp³-hybridized carbons (Fsp3) is 0.607. The molecule has 0 bridgehead atoms. The molecule has 0 saturated carbocycles. The lowest BCUT2D eigenvalue weighted by Gasteiger charge is -2.55. The van der Waals surface area contributed by atoms with Crippen molar-refractivity contribution < 1.29 is 14.4 Å². The molecule has 0 aromatic heterocycles. The maximum absolute atomic E-state index is 13.5. The Hall–Kier alpha value is -3.05. The number of nitrogens with one attached hydrogen (secondary N) is 1. The van der Waals surface area contributed by atoms with Gasteiger partial charge in [-0.05, 0) is 18.4 Å². The van der Waals surface area contributed by atoms with Crippen LogP contribution in [0.5, 0.6) is 0 Å². The molecule has 0 radical (unpaired) electrons. The Kier molecular flexibility index (Phi) is 10.6. The smallest absolute Gasteiger partial charge is 0.334 e. The summed E-state index contributed by atoms with van der Waals surface area (Å²) in [7, 11) is 0. The molecule has 1 aromatic carbocycles. The van der Waals surface area contributed by atoms with E-state index in [2.05, 4.69) is 25.1 Å². The second-order valence-corrected chi connectivity index (χ2v) is 9.65. The van der Waals surface area contributed by atoms with Gasteiger partial charge in [0.25, 0.3) is 0 Å². The van der Waals surface area contributed by atoms with E-state index in [-0.39, 0.29) is 30.9 Å². The largest absolute Gasteiger partial charge is 0.337 e. The first kappa shape index (κ1) is 27.5. The van der Waals surface area contributed by atoms with Crippen molar-refractivity contribution >= 4 is 17.8 Å². The zero-order valence-corrected chi connectivity index (χ0v) is 21.8. The Bertz CT molecular complexity index is 916. The Morgan fingerprint density at radius 1 is 1.06 bits per heavy atom. The number of hydrogen-bond acceptors (Lipinski definition) is 4. The minimum atomic E-state index is -0.578. The van der Waals surface area contributed by atoms with Crippen molar-refractivity contribution in [2.75, 3.05) is 26.2 Å². The van der Waals surface area contributed by atoms with Crippen molar-refractivity contribution in [2.24, 2.45) is 0 Å². The molecule has 2 aliphatic heterocycles. The lowest BCUT2D eigenvalue weighted by Crippen LogP contribution is -2.76. The first-order chi connectivity index (χ1) is 17.5. The average Bonchev–Trinajstić information content (AvgIpc) is 2.88. The minimum Gasteiger partial charge on any atom is -0.337 e. The fourth-order valence-corrected chi connectivity index (χ4v) is 5.07. The number of hydrazine groups is 1. The second kappa shape index (κ2) is 13.9. The van der Waals surface area contributed by atoms with E-state index in [1.165, 1.54) is 12.8 Å². The van der Waals surface area contributed by atoms with E-state index in [0.717, 1.165) is 37.7 Å². The molecule has 4 amide bonds. The summed E-state index contributed by atoms with van der Waals surface area (Å²) >= 11 is 0. The molecule has 8 nitrogen and oxygen atoms in total. The zero-order valence-electron chi connectivity index (χ0n) is 21.8. The van der Waals surface area contributed by atoms with Crippen molar-refractivity contribution in [2.45, 2.75) is 84.0 Å². The van der Waals surface area contributed by atoms with E-state index in [1.807, 2.05) is 35.2 Å². The van der Waals surface area contributed by atoms with Crippen molar-refractivity contribution in [1.29, 1.82) is 0 Å². The molecular weight excluding hydrogens is 454 g/mol. The third-order valence-electron chi connectivity index (χ3n) is 6.96. The number of piperazine rings is 1. The molecule has 0 aliphatic carbocycles. The van der Waals surface area contributed by atoms with Gasteiger partial charge in [0.2, 0.25) is 11.8 Å². The quantitative estimate of drug-likeness (QED) is 0.355. The van der Waals surface area contributed by atoms with Crippen molar-refractivity contribution in [3.63, 3.8) is 0 Å². The van der Waals surface area contributed by atoms with Crippen LogP contribution in [0.25, 0.3) is 0 Å². The normalized spacial score (nSPS) is 20.3. The lowest BCUT2D eigenvalue weighted by atomic mass is 10.0. The minimum absolute atomic E-state index is 0.00131. The number of amides is 4. The van der Waals surface area contributed by atoms with Crippen LogP contribution in [0.3, 0.4) is 0 Å². The van der Waals surface area contributed by atoms with E-state index in [0.29, 0.717) is 26.1 Å². The summed E-state index contributed by atoms with van der Waals surface area (Å²) in [4.78, 5) is 43.9. The summed E-state index contributed by atoms with van der Waals surface area (Å²) in [5, 5.41) is 6.21. The average molecular weight is 496 g/mol. The summed E-state index contributed by atoms with van der Waals surface area (Å²) in [5.41, 5.74) is 0.979. The van der Waals surface area contributed by atoms with Crippen LogP contribution >= 0.6 is 0 Å². The lowest BCUT2D eigenvalue weighted by molar-refractivity contribution is -0.189. The maximum atomic E-state index is 13.5. The Balaban J connectivity index is 1.83. The molecule has 1 N–H and O–H groups in total. The molecule has 36 heavy (non-hydrogen) atoms. The number of carbonyl (C=O) groups is 3. The van der Waals surface area contributed by atoms with Crippen LogP contribution in [0.1, 0.15) is 70.8 Å². The van der Waals surface area contributed by atoms with Crippen LogP contribution in [0, 0.1) is 12.3 Å². The molecule has 196 valence electrons. The molecular formula is C28H41N5O3. The van der Waals surface area contributed by atoms with E-state index in [9.17, 15) is 14.4 Å². The first-order valence-electron chi connectivity index (χ1n) is 13.4. The van der Waals surface area contributed by atoms with Crippen LogP contribution in [-0.2, 0) is 16.1 Å². The molecule has 0 spiro atoms. The number of unbranched alkanes of at least 4 members (excludes halogenated alkanes) is 5. The van der Waals surface area contributed by atoms with Gasteiger partial charge in [-0.3, -0.25) is 9.59 Å². The van der Waals surface area contributed by atoms with Gasteiger partial charge in [-0.2, -0.15) is 5.01 Å².